The van der Waals surface area contributed by atoms with Crippen molar-refractivity contribution < 1.29 is 0 Å². The van der Waals surface area contributed by atoms with E-state index in [1.54, 1.807) is 11.1 Å². The Balaban J connectivity index is 2.03. The first-order valence-corrected chi connectivity index (χ1v) is 6.37. The van der Waals surface area contributed by atoms with E-state index in [1.807, 2.05) is 0 Å². The largest absolute Gasteiger partial charge is 0.299 e. The van der Waals surface area contributed by atoms with E-state index < -0.39 is 0 Å². The zero-order valence-corrected chi connectivity index (χ0v) is 9.07. The monoisotopic (exact) mass is 205 g/mol. The van der Waals surface area contributed by atoms with Gasteiger partial charge in [-0.1, -0.05) is 24.3 Å². The molecule has 1 aromatic rings. The second kappa shape index (κ2) is 3.28. The lowest BCUT2D eigenvalue weighted by Crippen LogP contribution is -2.41. The van der Waals surface area contributed by atoms with Crippen molar-refractivity contribution in [1.29, 1.82) is 0 Å². The second-order valence-corrected chi connectivity index (χ2v) is 5.51. The molecule has 14 heavy (non-hydrogen) atoms. The van der Waals surface area contributed by atoms with Gasteiger partial charge in [-0.05, 0) is 42.7 Å². The minimum Gasteiger partial charge on any atom is -0.299 e. The van der Waals surface area contributed by atoms with Crippen molar-refractivity contribution in [1.82, 2.24) is 5.32 Å². The lowest BCUT2D eigenvalue weighted by atomic mass is 10.1. The van der Waals surface area contributed by atoms with Gasteiger partial charge in [-0.3, -0.25) is 5.32 Å². The standard InChI is InChI=1S/C12H15NS/c1-2-5-11-10(4-1)6-7-12(11)13-8-3-9-14-12/h1-2,4-5,13H,3,6-9H2. The highest BCUT2D eigenvalue weighted by Gasteiger charge is 2.39. The summed E-state index contributed by atoms with van der Waals surface area (Å²) in [6, 6.07) is 8.91. The number of fused-ring (bicyclic) bond motifs is 2. The van der Waals surface area contributed by atoms with Gasteiger partial charge in [-0.15, -0.1) is 11.8 Å². The van der Waals surface area contributed by atoms with Crippen LogP contribution in [-0.4, -0.2) is 12.3 Å². The molecule has 1 fully saturated rings. The van der Waals surface area contributed by atoms with Crippen LogP contribution in [0.2, 0.25) is 0 Å². The Morgan fingerprint density at radius 1 is 1.29 bits per heavy atom. The third-order valence-corrected chi connectivity index (χ3v) is 4.83. The number of thioether (sulfide) groups is 1. The van der Waals surface area contributed by atoms with Crippen LogP contribution < -0.4 is 5.32 Å². The van der Waals surface area contributed by atoms with Gasteiger partial charge in [0.05, 0.1) is 4.87 Å². The summed E-state index contributed by atoms with van der Waals surface area (Å²) in [4.78, 5) is 0.273. The Kier molecular flexibility index (Phi) is 2.06. The highest BCUT2D eigenvalue weighted by Crippen LogP contribution is 2.46. The molecule has 2 aliphatic rings. The molecule has 1 spiro atoms. The molecule has 2 heteroatoms. The van der Waals surface area contributed by atoms with Crippen LogP contribution in [-0.2, 0) is 11.3 Å². The quantitative estimate of drug-likeness (QED) is 0.698. The van der Waals surface area contributed by atoms with Crippen LogP contribution in [0.1, 0.15) is 24.0 Å². The molecule has 1 heterocycles. The summed E-state index contributed by atoms with van der Waals surface area (Å²) in [6.07, 6.45) is 3.84. The van der Waals surface area contributed by atoms with Gasteiger partial charge in [0.1, 0.15) is 0 Å². The smallest absolute Gasteiger partial charge is 0.0907 e. The van der Waals surface area contributed by atoms with Crippen LogP contribution in [0.4, 0.5) is 0 Å². The molecule has 3 rings (SSSR count). The molecule has 0 saturated carbocycles. The summed E-state index contributed by atoms with van der Waals surface area (Å²) in [5, 5.41) is 3.71. The highest BCUT2D eigenvalue weighted by atomic mass is 32.2. The molecular weight excluding hydrogens is 190 g/mol. The molecule has 0 amide bonds. The Morgan fingerprint density at radius 3 is 3.07 bits per heavy atom. The molecule has 1 unspecified atom stereocenters. The Hall–Kier alpha value is -0.470. The molecule has 0 radical (unpaired) electrons. The van der Waals surface area contributed by atoms with Crippen molar-refractivity contribution in [3.8, 4) is 0 Å². The molecular formula is C12H15NS. The second-order valence-electron chi connectivity index (χ2n) is 4.11. The summed E-state index contributed by atoms with van der Waals surface area (Å²) in [6.45, 7) is 1.18. The first kappa shape index (κ1) is 8.81. The van der Waals surface area contributed by atoms with Crippen molar-refractivity contribution in [2.24, 2.45) is 0 Å². The third kappa shape index (κ3) is 1.21. The Morgan fingerprint density at radius 2 is 2.21 bits per heavy atom. The van der Waals surface area contributed by atoms with E-state index in [9.17, 15) is 0 Å². The van der Waals surface area contributed by atoms with E-state index in [0.29, 0.717) is 0 Å². The summed E-state index contributed by atoms with van der Waals surface area (Å²) in [5.41, 5.74) is 3.10. The highest BCUT2D eigenvalue weighted by molar-refractivity contribution is 8.00. The first-order chi connectivity index (χ1) is 6.91. The lowest BCUT2D eigenvalue weighted by molar-refractivity contribution is 0.466. The fourth-order valence-corrected chi connectivity index (χ4v) is 4.01. The summed E-state index contributed by atoms with van der Waals surface area (Å²) in [7, 11) is 0. The van der Waals surface area contributed by atoms with Crippen LogP contribution in [0.25, 0.3) is 0 Å². The van der Waals surface area contributed by atoms with Gasteiger partial charge in [-0.25, -0.2) is 0 Å². The molecule has 74 valence electrons. The zero-order chi connectivity index (χ0) is 9.43. The third-order valence-electron chi connectivity index (χ3n) is 3.28. The zero-order valence-electron chi connectivity index (χ0n) is 8.25. The van der Waals surface area contributed by atoms with E-state index in [-0.39, 0.29) is 4.87 Å². The fraction of sp³-hybridized carbons (Fsp3) is 0.500. The summed E-state index contributed by atoms with van der Waals surface area (Å²) < 4.78 is 0. The molecule has 0 aromatic heterocycles. The maximum absolute atomic E-state index is 3.71. The lowest BCUT2D eigenvalue weighted by Gasteiger charge is -2.35. The van der Waals surface area contributed by atoms with Crippen molar-refractivity contribution in [3.63, 3.8) is 0 Å². The fourth-order valence-electron chi connectivity index (χ4n) is 2.57. The minimum absolute atomic E-state index is 0.273. The van der Waals surface area contributed by atoms with Crippen molar-refractivity contribution in [2.45, 2.75) is 24.1 Å². The van der Waals surface area contributed by atoms with Crippen molar-refractivity contribution in [3.05, 3.63) is 35.4 Å². The Labute approximate surface area is 89.3 Å². The van der Waals surface area contributed by atoms with E-state index in [4.69, 9.17) is 0 Å². The van der Waals surface area contributed by atoms with Gasteiger partial charge in [0.15, 0.2) is 0 Å². The number of rotatable bonds is 0. The SMILES string of the molecule is c1ccc2c(c1)CCC21NCCCS1. The molecule has 1 atom stereocenters. The molecule has 1 aliphatic carbocycles. The van der Waals surface area contributed by atoms with E-state index in [1.165, 1.54) is 31.6 Å². The van der Waals surface area contributed by atoms with Crippen molar-refractivity contribution >= 4 is 11.8 Å². The summed E-state index contributed by atoms with van der Waals surface area (Å²) >= 11 is 2.10. The number of aryl methyl sites for hydroxylation is 1. The first-order valence-electron chi connectivity index (χ1n) is 5.38. The average Bonchev–Trinajstić information content (AvgIpc) is 2.60. The number of nitrogens with one attached hydrogen (secondary N) is 1. The predicted octanol–water partition coefficient (Wildman–Crippen LogP) is 2.51. The number of hydrogen-bond donors (Lipinski definition) is 1. The van der Waals surface area contributed by atoms with Gasteiger partial charge >= 0.3 is 0 Å². The normalized spacial score (nSPS) is 30.6. The molecule has 0 bridgehead atoms. The van der Waals surface area contributed by atoms with Crippen LogP contribution in [0.5, 0.6) is 0 Å². The van der Waals surface area contributed by atoms with Gasteiger partial charge in [0.2, 0.25) is 0 Å². The van der Waals surface area contributed by atoms with Crippen LogP contribution in [0.15, 0.2) is 24.3 Å². The van der Waals surface area contributed by atoms with E-state index in [2.05, 4.69) is 41.3 Å². The topological polar surface area (TPSA) is 12.0 Å². The maximum Gasteiger partial charge on any atom is 0.0907 e. The van der Waals surface area contributed by atoms with Gasteiger partial charge < -0.3 is 0 Å². The van der Waals surface area contributed by atoms with Gasteiger partial charge in [-0.2, -0.15) is 0 Å². The molecule has 1 nitrogen and oxygen atoms in total. The Bertz CT molecular complexity index is 336. The van der Waals surface area contributed by atoms with E-state index in [0.717, 1.165) is 0 Å². The van der Waals surface area contributed by atoms with Crippen LogP contribution in [0, 0.1) is 0 Å². The average molecular weight is 205 g/mol. The molecule has 1 N–H and O–H groups in total. The predicted molar refractivity (Wildman–Crippen MR) is 61.5 cm³/mol. The van der Waals surface area contributed by atoms with Gasteiger partial charge in [0.25, 0.3) is 0 Å². The molecule has 1 aliphatic heterocycles. The van der Waals surface area contributed by atoms with Crippen LogP contribution in [0.3, 0.4) is 0 Å². The van der Waals surface area contributed by atoms with E-state index >= 15 is 0 Å². The van der Waals surface area contributed by atoms with Crippen molar-refractivity contribution in [2.75, 3.05) is 12.3 Å². The number of hydrogen-bond acceptors (Lipinski definition) is 2. The molecule has 1 saturated heterocycles. The number of benzene rings is 1. The minimum atomic E-state index is 0.273. The maximum atomic E-state index is 3.71. The van der Waals surface area contributed by atoms with Crippen LogP contribution >= 0.6 is 11.8 Å². The summed E-state index contributed by atoms with van der Waals surface area (Å²) in [5.74, 6) is 1.31. The van der Waals surface area contributed by atoms with Gasteiger partial charge in [0, 0.05) is 0 Å². The molecule has 1 aromatic carbocycles.